The van der Waals surface area contributed by atoms with E-state index in [0.29, 0.717) is 28.2 Å². The Morgan fingerprint density at radius 1 is 1.14 bits per heavy atom. The average molecular weight is 397 g/mol. The molecule has 0 amide bonds. The predicted molar refractivity (Wildman–Crippen MR) is 103 cm³/mol. The van der Waals surface area contributed by atoms with Gasteiger partial charge in [0.25, 0.3) is 11.1 Å². The highest BCUT2D eigenvalue weighted by atomic mass is 32.2. The molecule has 0 aliphatic carbocycles. The molecular weight excluding hydrogens is 378 g/mol. The molecular formula is C20H19N3O4S. The highest BCUT2D eigenvalue weighted by Gasteiger charge is 2.12. The Balaban J connectivity index is 1.40. The summed E-state index contributed by atoms with van der Waals surface area (Å²) in [6, 6.07) is 16.4. The van der Waals surface area contributed by atoms with E-state index in [9.17, 15) is 5.11 Å². The summed E-state index contributed by atoms with van der Waals surface area (Å²) in [6.07, 6.45) is -0.709. The fourth-order valence-corrected chi connectivity index (χ4v) is 2.92. The zero-order valence-electron chi connectivity index (χ0n) is 15.2. The molecule has 0 bridgehead atoms. The molecule has 28 heavy (non-hydrogen) atoms. The van der Waals surface area contributed by atoms with Crippen LogP contribution in [0.4, 0.5) is 0 Å². The molecule has 0 aliphatic rings. The number of aromatic nitrogens is 2. The maximum absolute atomic E-state index is 10.0. The van der Waals surface area contributed by atoms with Crippen molar-refractivity contribution in [3.63, 3.8) is 0 Å². The van der Waals surface area contributed by atoms with Crippen LogP contribution in [-0.4, -0.2) is 33.8 Å². The summed E-state index contributed by atoms with van der Waals surface area (Å²) >= 11 is 1.25. The van der Waals surface area contributed by atoms with Gasteiger partial charge in [-0.05, 0) is 48.9 Å². The predicted octanol–water partition coefficient (Wildman–Crippen LogP) is 3.36. The quantitative estimate of drug-likeness (QED) is 0.549. The van der Waals surface area contributed by atoms with Gasteiger partial charge in [-0.25, -0.2) is 0 Å². The van der Waals surface area contributed by atoms with Crippen LogP contribution >= 0.6 is 11.8 Å². The van der Waals surface area contributed by atoms with Crippen LogP contribution in [0.2, 0.25) is 0 Å². The Hall–Kier alpha value is -3.02. The van der Waals surface area contributed by atoms with Crippen LogP contribution in [0.5, 0.6) is 11.5 Å². The maximum atomic E-state index is 10.0. The van der Waals surface area contributed by atoms with Gasteiger partial charge < -0.3 is 19.0 Å². The number of nitriles is 1. The fourth-order valence-electron chi connectivity index (χ4n) is 2.24. The van der Waals surface area contributed by atoms with E-state index < -0.39 is 6.10 Å². The third-order valence-corrected chi connectivity index (χ3v) is 4.59. The first-order chi connectivity index (χ1) is 13.6. The van der Waals surface area contributed by atoms with Crippen molar-refractivity contribution in [2.24, 2.45) is 0 Å². The molecule has 0 saturated heterocycles. The molecule has 7 nitrogen and oxygen atoms in total. The molecule has 0 spiro atoms. The lowest BCUT2D eigenvalue weighted by Gasteiger charge is -2.11. The SMILES string of the molecule is Cc1cccc(OCc2nnc(SCC(O)COc3ccc(C#N)cc3)o2)c1. The van der Waals surface area contributed by atoms with E-state index in [-0.39, 0.29) is 13.2 Å². The Morgan fingerprint density at radius 3 is 2.71 bits per heavy atom. The van der Waals surface area contributed by atoms with Crippen molar-refractivity contribution in [1.82, 2.24) is 10.2 Å². The lowest BCUT2D eigenvalue weighted by molar-refractivity contribution is 0.126. The summed E-state index contributed by atoms with van der Waals surface area (Å²) < 4.78 is 16.6. The number of rotatable bonds is 9. The third kappa shape index (κ3) is 6.01. The summed E-state index contributed by atoms with van der Waals surface area (Å²) in [4.78, 5) is 0. The second-order valence-electron chi connectivity index (χ2n) is 5.98. The molecule has 1 atom stereocenters. The van der Waals surface area contributed by atoms with E-state index in [4.69, 9.17) is 19.2 Å². The van der Waals surface area contributed by atoms with E-state index in [1.165, 1.54) is 11.8 Å². The minimum atomic E-state index is -0.709. The molecule has 2 aromatic carbocycles. The van der Waals surface area contributed by atoms with Gasteiger partial charge in [-0.1, -0.05) is 23.9 Å². The molecule has 1 unspecified atom stereocenters. The van der Waals surface area contributed by atoms with E-state index in [0.717, 1.165) is 11.3 Å². The van der Waals surface area contributed by atoms with Crippen LogP contribution in [0.15, 0.2) is 58.2 Å². The molecule has 1 aromatic heterocycles. The first-order valence-corrected chi connectivity index (χ1v) is 9.56. The molecule has 144 valence electrons. The summed E-state index contributed by atoms with van der Waals surface area (Å²) in [7, 11) is 0. The monoisotopic (exact) mass is 397 g/mol. The minimum Gasteiger partial charge on any atom is -0.491 e. The molecule has 3 aromatic rings. The lowest BCUT2D eigenvalue weighted by atomic mass is 10.2. The largest absolute Gasteiger partial charge is 0.491 e. The highest BCUT2D eigenvalue weighted by Crippen LogP contribution is 2.19. The van der Waals surface area contributed by atoms with Crippen LogP contribution in [0, 0.1) is 18.3 Å². The molecule has 3 rings (SSSR count). The fraction of sp³-hybridized carbons (Fsp3) is 0.250. The molecule has 0 fully saturated rings. The van der Waals surface area contributed by atoms with Crippen molar-refractivity contribution in [3.05, 3.63) is 65.5 Å². The summed E-state index contributed by atoms with van der Waals surface area (Å²) in [6.45, 7) is 2.29. The number of ether oxygens (including phenoxy) is 2. The smallest absolute Gasteiger partial charge is 0.276 e. The van der Waals surface area contributed by atoms with Gasteiger partial charge in [0.2, 0.25) is 0 Å². The van der Waals surface area contributed by atoms with Crippen LogP contribution in [0.3, 0.4) is 0 Å². The van der Waals surface area contributed by atoms with Crippen LogP contribution < -0.4 is 9.47 Å². The molecule has 8 heteroatoms. The first kappa shape index (κ1) is 19.7. The number of thioether (sulfide) groups is 1. The normalized spacial score (nSPS) is 11.6. The molecule has 0 saturated carbocycles. The zero-order valence-corrected chi connectivity index (χ0v) is 16.1. The van der Waals surface area contributed by atoms with Gasteiger partial charge in [0, 0.05) is 5.75 Å². The number of aliphatic hydroxyl groups is 1. The van der Waals surface area contributed by atoms with Gasteiger partial charge >= 0.3 is 0 Å². The first-order valence-electron chi connectivity index (χ1n) is 8.58. The van der Waals surface area contributed by atoms with Crippen molar-refractivity contribution in [2.45, 2.75) is 24.9 Å². The maximum Gasteiger partial charge on any atom is 0.276 e. The van der Waals surface area contributed by atoms with Crippen LogP contribution in [-0.2, 0) is 6.61 Å². The standard InChI is InChI=1S/C20H19N3O4S/c1-14-3-2-4-18(9-14)26-12-19-22-23-20(27-19)28-13-16(24)11-25-17-7-5-15(10-21)6-8-17/h2-9,16,24H,11-13H2,1H3. The van der Waals surface area contributed by atoms with Crippen molar-refractivity contribution < 1.29 is 19.0 Å². The van der Waals surface area contributed by atoms with Gasteiger partial charge in [0.05, 0.1) is 17.7 Å². The van der Waals surface area contributed by atoms with Gasteiger partial charge in [-0.3, -0.25) is 0 Å². The lowest BCUT2D eigenvalue weighted by Crippen LogP contribution is -2.20. The van der Waals surface area contributed by atoms with Crippen molar-refractivity contribution in [1.29, 1.82) is 5.26 Å². The van der Waals surface area contributed by atoms with E-state index in [1.54, 1.807) is 24.3 Å². The average Bonchev–Trinajstić information content (AvgIpc) is 3.17. The van der Waals surface area contributed by atoms with Crippen molar-refractivity contribution >= 4 is 11.8 Å². The van der Waals surface area contributed by atoms with Gasteiger partial charge in [0.15, 0.2) is 6.61 Å². The van der Waals surface area contributed by atoms with E-state index in [2.05, 4.69) is 10.2 Å². The Bertz CT molecular complexity index is 937. The third-order valence-electron chi connectivity index (χ3n) is 3.63. The molecule has 0 radical (unpaired) electrons. The Morgan fingerprint density at radius 2 is 1.96 bits per heavy atom. The number of aryl methyl sites for hydroxylation is 1. The number of nitrogens with zero attached hydrogens (tertiary/aromatic N) is 3. The van der Waals surface area contributed by atoms with Gasteiger partial charge in [-0.2, -0.15) is 5.26 Å². The van der Waals surface area contributed by atoms with Crippen molar-refractivity contribution in [3.8, 4) is 17.6 Å². The minimum absolute atomic E-state index is 0.121. The summed E-state index contributed by atoms with van der Waals surface area (Å²) in [5, 5.41) is 27.1. The van der Waals surface area contributed by atoms with E-state index in [1.807, 2.05) is 37.3 Å². The van der Waals surface area contributed by atoms with Gasteiger partial charge in [-0.15, -0.1) is 10.2 Å². The summed E-state index contributed by atoms with van der Waals surface area (Å²) in [5.74, 6) is 2.04. The van der Waals surface area contributed by atoms with Crippen molar-refractivity contribution in [2.75, 3.05) is 12.4 Å². The topological polar surface area (TPSA) is 101 Å². The molecule has 0 aliphatic heterocycles. The number of aliphatic hydroxyl groups excluding tert-OH is 1. The number of hydrogen-bond acceptors (Lipinski definition) is 8. The Kier molecular flexibility index (Phi) is 6.89. The van der Waals surface area contributed by atoms with Crippen LogP contribution in [0.25, 0.3) is 0 Å². The molecule has 1 N–H and O–H groups in total. The second kappa shape index (κ2) is 9.78. The number of hydrogen-bond donors (Lipinski definition) is 1. The molecule has 1 heterocycles. The van der Waals surface area contributed by atoms with E-state index >= 15 is 0 Å². The highest BCUT2D eigenvalue weighted by molar-refractivity contribution is 7.99. The number of benzene rings is 2. The van der Waals surface area contributed by atoms with Gasteiger partial charge in [0.1, 0.15) is 18.1 Å². The second-order valence-corrected chi connectivity index (χ2v) is 6.95. The summed E-state index contributed by atoms with van der Waals surface area (Å²) in [5.41, 5.74) is 1.67. The Labute approximate surface area is 166 Å². The van der Waals surface area contributed by atoms with Crippen LogP contribution in [0.1, 0.15) is 17.0 Å². The zero-order chi connectivity index (χ0) is 19.8.